The lowest BCUT2D eigenvalue weighted by Crippen LogP contribution is -2.25. The SMILES string of the molecule is C=CC(O)(CC=C[C@@H]1[C@@H](CCCCCCCO)[C@@H](O)C[C@H]1O)CCCCC. The van der Waals surface area contributed by atoms with E-state index >= 15 is 0 Å². The average molecular weight is 383 g/mol. The van der Waals surface area contributed by atoms with Crippen molar-refractivity contribution in [3.05, 3.63) is 24.8 Å². The van der Waals surface area contributed by atoms with E-state index in [0.717, 1.165) is 57.8 Å². The first kappa shape index (κ1) is 24.4. The van der Waals surface area contributed by atoms with Gasteiger partial charge in [0.25, 0.3) is 0 Å². The summed E-state index contributed by atoms with van der Waals surface area (Å²) in [5, 5.41) is 40.1. The van der Waals surface area contributed by atoms with Crippen molar-refractivity contribution in [2.45, 2.75) is 102 Å². The van der Waals surface area contributed by atoms with E-state index in [1.807, 2.05) is 12.2 Å². The van der Waals surface area contributed by atoms with Crippen molar-refractivity contribution < 1.29 is 20.4 Å². The summed E-state index contributed by atoms with van der Waals surface area (Å²) in [7, 11) is 0. The Hall–Kier alpha value is -0.680. The molecule has 1 aliphatic rings. The molecule has 0 amide bonds. The molecule has 0 aromatic heterocycles. The third kappa shape index (κ3) is 8.91. The van der Waals surface area contributed by atoms with Crippen LogP contribution in [-0.4, -0.2) is 44.8 Å². The molecule has 158 valence electrons. The van der Waals surface area contributed by atoms with E-state index in [1.54, 1.807) is 6.08 Å². The number of hydrogen-bond donors (Lipinski definition) is 4. The van der Waals surface area contributed by atoms with Gasteiger partial charge in [-0.3, -0.25) is 0 Å². The molecule has 0 heterocycles. The van der Waals surface area contributed by atoms with Crippen molar-refractivity contribution >= 4 is 0 Å². The predicted octanol–water partition coefficient (Wildman–Crippen LogP) is 4.12. The molecule has 0 saturated heterocycles. The number of aliphatic hydroxyl groups excluding tert-OH is 3. The van der Waals surface area contributed by atoms with Gasteiger partial charge in [-0.2, -0.15) is 0 Å². The van der Waals surface area contributed by atoms with Crippen LogP contribution in [0.5, 0.6) is 0 Å². The minimum absolute atomic E-state index is 0.0397. The Morgan fingerprint density at radius 3 is 2.37 bits per heavy atom. The molecule has 0 aromatic carbocycles. The van der Waals surface area contributed by atoms with Crippen LogP contribution in [0.3, 0.4) is 0 Å². The summed E-state index contributed by atoms with van der Waals surface area (Å²) in [5.41, 5.74) is -0.879. The van der Waals surface area contributed by atoms with Gasteiger partial charge in [0.2, 0.25) is 0 Å². The summed E-state index contributed by atoms with van der Waals surface area (Å²) in [5.74, 6) is 0.0492. The molecule has 1 saturated carbocycles. The van der Waals surface area contributed by atoms with Crippen LogP contribution in [0.25, 0.3) is 0 Å². The lowest BCUT2D eigenvalue weighted by Gasteiger charge is -2.24. The van der Waals surface area contributed by atoms with Crippen LogP contribution in [-0.2, 0) is 0 Å². The third-order valence-corrected chi connectivity index (χ3v) is 6.03. The average Bonchev–Trinajstić information content (AvgIpc) is 2.91. The van der Waals surface area contributed by atoms with Crippen LogP contribution in [0.2, 0.25) is 0 Å². The molecule has 4 nitrogen and oxygen atoms in total. The first-order valence-electron chi connectivity index (χ1n) is 11.0. The van der Waals surface area contributed by atoms with Crippen LogP contribution in [0.4, 0.5) is 0 Å². The van der Waals surface area contributed by atoms with Gasteiger partial charge < -0.3 is 20.4 Å². The summed E-state index contributed by atoms with van der Waals surface area (Å²) >= 11 is 0. The monoisotopic (exact) mass is 382 g/mol. The van der Waals surface area contributed by atoms with Crippen LogP contribution in [0.1, 0.15) is 84.0 Å². The summed E-state index contributed by atoms with van der Waals surface area (Å²) in [6, 6.07) is 0. The second-order valence-electron chi connectivity index (χ2n) is 8.29. The Bertz CT molecular complexity index is 423. The fourth-order valence-corrected chi connectivity index (χ4v) is 4.20. The molecule has 0 bridgehead atoms. The first-order chi connectivity index (χ1) is 13.0. The Labute approximate surface area is 166 Å². The quantitative estimate of drug-likeness (QED) is 0.254. The van der Waals surface area contributed by atoms with Crippen LogP contribution >= 0.6 is 0 Å². The van der Waals surface area contributed by atoms with Crippen molar-refractivity contribution in [2.24, 2.45) is 11.8 Å². The molecule has 1 aliphatic carbocycles. The topological polar surface area (TPSA) is 80.9 Å². The second-order valence-corrected chi connectivity index (χ2v) is 8.29. The van der Waals surface area contributed by atoms with Gasteiger partial charge in [-0.1, -0.05) is 70.1 Å². The Balaban J connectivity index is 2.50. The van der Waals surface area contributed by atoms with Gasteiger partial charge in [-0.25, -0.2) is 0 Å². The highest BCUT2D eigenvalue weighted by Crippen LogP contribution is 2.37. The molecule has 0 spiro atoms. The molecule has 27 heavy (non-hydrogen) atoms. The Morgan fingerprint density at radius 1 is 1.00 bits per heavy atom. The van der Waals surface area contributed by atoms with Gasteiger partial charge in [0.05, 0.1) is 17.8 Å². The van der Waals surface area contributed by atoms with E-state index in [2.05, 4.69) is 13.5 Å². The second kappa shape index (κ2) is 13.5. The third-order valence-electron chi connectivity index (χ3n) is 6.03. The van der Waals surface area contributed by atoms with E-state index in [1.165, 1.54) is 0 Å². The van der Waals surface area contributed by atoms with Gasteiger partial charge >= 0.3 is 0 Å². The maximum Gasteiger partial charge on any atom is 0.0859 e. The highest BCUT2D eigenvalue weighted by atomic mass is 16.3. The van der Waals surface area contributed by atoms with Crippen LogP contribution in [0.15, 0.2) is 24.8 Å². The van der Waals surface area contributed by atoms with Crippen molar-refractivity contribution in [3.8, 4) is 0 Å². The van der Waals surface area contributed by atoms with E-state index in [0.29, 0.717) is 19.3 Å². The number of hydrogen-bond acceptors (Lipinski definition) is 4. The zero-order valence-corrected chi connectivity index (χ0v) is 17.2. The van der Waals surface area contributed by atoms with Crippen molar-refractivity contribution in [1.29, 1.82) is 0 Å². The van der Waals surface area contributed by atoms with Gasteiger partial charge in [0, 0.05) is 18.9 Å². The smallest absolute Gasteiger partial charge is 0.0859 e. The van der Waals surface area contributed by atoms with Gasteiger partial charge in [-0.05, 0) is 31.6 Å². The van der Waals surface area contributed by atoms with Crippen LogP contribution in [0, 0.1) is 11.8 Å². The summed E-state index contributed by atoms with van der Waals surface area (Å²) in [6.45, 7) is 6.19. The minimum atomic E-state index is -0.879. The summed E-state index contributed by atoms with van der Waals surface area (Å²) < 4.78 is 0. The van der Waals surface area contributed by atoms with E-state index in [4.69, 9.17) is 5.11 Å². The lowest BCUT2D eigenvalue weighted by atomic mass is 9.86. The number of rotatable bonds is 15. The molecule has 0 radical (unpaired) electrons. The van der Waals surface area contributed by atoms with Crippen molar-refractivity contribution in [1.82, 2.24) is 0 Å². The zero-order valence-electron chi connectivity index (χ0n) is 17.2. The minimum Gasteiger partial charge on any atom is -0.396 e. The molecule has 0 aliphatic heterocycles. The Morgan fingerprint density at radius 2 is 1.70 bits per heavy atom. The molecular weight excluding hydrogens is 340 g/mol. The molecule has 1 unspecified atom stereocenters. The van der Waals surface area contributed by atoms with Crippen molar-refractivity contribution in [2.75, 3.05) is 6.61 Å². The molecule has 5 atom stereocenters. The molecule has 4 N–H and O–H groups in total. The van der Waals surface area contributed by atoms with E-state index in [-0.39, 0.29) is 18.4 Å². The van der Waals surface area contributed by atoms with E-state index < -0.39 is 17.8 Å². The van der Waals surface area contributed by atoms with Gasteiger partial charge in [0.1, 0.15) is 0 Å². The number of unbranched alkanes of at least 4 members (excludes halogenated alkanes) is 6. The summed E-state index contributed by atoms with van der Waals surface area (Å²) in [6.07, 6.45) is 15.6. The standard InChI is InChI=1S/C23H42O4/c1-3-5-10-15-23(27,4-2)16-12-14-20-19(21(25)18-22(20)26)13-9-7-6-8-11-17-24/h4,12,14,19-22,24-27H,2-3,5-11,13,15-18H2,1H3/t19-,20-,21+,22-,23?/m1/s1. The normalized spacial score (nSPS) is 27.9. The number of aliphatic hydroxyl groups is 4. The van der Waals surface area contributed by atoms with Gasteiger partial charge in [0.15, 0.2) is 0 Å². The van der Waals surface area contributed by atoms with Crippen LogP contribution < -0.4 is 0 Å². The molecule has 1 fully saturated rings. The zero-order chi connectivity index (χ0) is 20.1. The van der Waals surface area contributed by atoms with E-state index in [9.17, 15) is 15.3 Å². The molecule has 0 aromatic rings. The predicted molar refractivity (Wildman–Crippen MR) is 111 cm³/mol. The molecular formula is C23H42O4. The maximum absolute atomic E-state index is 10.6. The fourth-order valence-electron chi connectivity index (χ4n) is 4.20. The molecule has 4 heteroatoms. The maximum atomic E-state index is 10.6. The Kier molecular flexibility index (Phi) is 12.2. The van der Waals surface area contributed by atoms with Gasteiger partial charge in [-0.15, -0.1) is 6.58 Å². The first-order valence-corrected chi connectivity index (χ1v) is 11.0. The fraction of sp³-hybridized carbons (Fsp3) is 0.826. The highest BCUT2D eigenvalue weighted by Gasteiger charge is 2.39. The highest BCUT2D eigenvalue weighted by molar-refractivity contribution is 5.07. The summed E-state index contributed by atoms with van der Waals surface area (Å²) in [4.78, 5) is 0. The van der Waals surface area contributed by atoms with Crippen molar-refractivity contribution in [3.63, 3.8) is 0 Å². The largest absolute Gasteiger partial charge is 0.396 e. The lowest BCUT2D eigenvalue weighted by molar-refractivity contribution is 0.0813. The molecule has 1 rings (SSSR count).